The number of carbonyl (C=O) groups excluding carboxylic acids is 1. The Labute approximate surface area is 159 Å². The van der Waals surface area contributed by atoms with E-state index in [9.17, 15) is 4.79 Å². The second-order valence-electron chi connectivity index (χ2n) is 5.15. The van der Waals surface area contributed by atoms with Crippen molar-refractivity contribution >= 4 is 35.0 Å². The smallest absolute Gasteiger partial charge is 0.277 e. The monoisotopic (exact) mass is 389 g/mol. The Morgan fingerprint density at radius 1 is 1.19 bits per heavy atom. The average Bonchev–Trinajstić information content (AvgIpc) is 3.11. The Bertz CT molecular complexity index is 883. The molecule has 0 bridgehead atoms. The van der Waals surface area contributed by atoms with Gasteiger partial charge in [0, 0.05) is 5.69 Å². The highest BCUT2D eigenvalue weighted by molar-refractivity contribution is 7.99. The third-order valence-corrected chi connectivity index (χ3v) is 4.43. The van der Waals surface area contributed by atoms with Crippen LogP contribution in [0.25, 0.3) is 11.5 Å². The minimum absolute atomic E-state index is 0.150. The fourth-order valence-corrected chi connectivity index (χ4v) is 2.92. The number of hydrogen-bond acceptors (Lipinski definition) is 6. The fraction of sp³-hybridized carbons (Fsp3) is 0.167. The summed E-state index contributed by atoms with van der Waals surface area (Å²) in [5.41, 5.74) is 1.36. The van der Waals surface area contributed by atoms with Gasteiger partial charge in [-0.15, -0.1) is 10.2 Å². The van der Waals surface area contributed by atoms with Gasteiger partial charge < -0.3 is 14.5 Å². The minimum atomic E-state index is -0.170. The highest BCUT2D eigenvalue weighted by atomic mass is 35.5. The molecule has 0 radical (unpaired) electrons. The number of ether oxygens (including phenoxy) is 1. The van der Waals surface area contributed by atoms with E-state index in [0.717, 1.165) is 17.5 Å². The first-order chi connectivity index (χ1) is 12.7. The summed E-state index contributed by atoms with van der Waals surface area (Å²) < 4.78 is 10.9. The number of thioether (sulfide) groups is 1. The number of hydrogen-bond donors (Lipinski definition) is 1. The number of nitrogens with zero attached hydrogens (tertiary/aromatic N) is 2. The van der Waals surface area contributed by atoms with Gasteiger partial charge in [-0.05, 0) is 43.3 Å². The standard InChI is InChI=1S/C18H16ClN3O3S/c1-2-24-13-9-7-12(8-10-13)20-16(23)11-26-18-22-21-17(25-18)14-5-3-4-6-15(14)19/h3-10H,2,11H2,1H3,(H,20,23). The van der Waals surface area contributed by atoms with Crippen molar-refractivity contribution in [2.24, 2.45) is 0 Å². The third-order valence-electron chi connectivity index (χ3n) is 3.29. The van der Waals surface area contributed by atoms with Crippen LogP contribution in [-0.4, -0.2) is 28.5 Å². The number of amides is 1. The molecular weight excluding hydrogens is 374 g/mol. The zero-order chi connectivity index (χ0) is 18.4. The van der Waals surface area contributed by atoms with E-state index in [1.165, 1.54) is 0 Å². The van der Waals surface area contributed by atoms with Crippen molar-refractivity contribution in [2.45, 2.75) is 12.1 Å². The molecule has 8 heteroatoms. The zero-order valence-electron chi connectivity index (χ0n) is 13.9. The Hall–Kier alpha value is -2.51. The number of aromatic nitrogens is 2. The molecule has 0 spiro atoms. The molecule has 3 aromatic rings. The fourth-order valence-electron chi connectivity index (χ4n) is 2.14. The van der Waals surface area contributed by atoms with Crippen LogP contribution < -0.4 is 10.1 Å². The van der Waals surface area contributed by atoms with Gasteiger partial charge in [0.25, 0.3) is 5.22 Å². The maximum Gasteiger partial charge on any atom is 0.277 e. The molecule has 0 saturated heterocycles. The highest BCUT2D eigenvalue weighted by Crippen LogP contribution is 2.28. The predicted molar refractivity (Wildman–Crippen MR) is 102 cm³/mol. The van der Waals surface area contributed by atoms with Crippen molar-refractivity contribution in [3.63, 3.8) is 0 Å². The zero-order valence-corrected chi connectivity index (χ0v) is 15.5. The maximum atomic E-state index is 12.1. The van der Waals surface area contributed by atoms with Crippen LogP contribution in [0, 0.1) is 0 Å². The lowest BCUT2D eigenvalue weighted by molar-refractivity contribution is -0.113. The highest BCUT2D eigenvalue weighted by Gasteiger charge is 2.13. The Morgan fingerprint density at radius 2 is 1.96 bits per heavy atom. The number of rotatable bonds is 7. The van der Waals surface area contributed by atoms with Gasteiger partial charge in [-0.2, -0.15) is 0 Å². The number of benzene rings is 2. The van der Waals surface area contributed by atoms with E-state index in [2.05, 4.69) is 15.5 Å². The van der Waals surface area contributed by atoms with Crippen LogP contribution in [0.15, 0.2) is 58.2 Å². The molecule has 0 unspecified atom stereocenters. The molecule has 2 aromatic carbocycles. The van der Waals surface area contributed by atoms with E-state index in [1.54, 1.807) is 36.4 Å². The SMILES string of the molecule is CCOc1ccc(NC(=O)CSc2nnc(-c3ccccc3Cl)o2)cc1. The van der Waals surface area contributed by atoms with Crippen molar-refractivity contribution in [3.05, 3.63) is 53.6 Å². The molecule has 1 aromatic heterocycles. The molecule has 0 fully saturated rings. The van der Waals surface area contributed by atoms with Crippen molar-refractivity contribution in [3.8, 4) is 17.2 Å². The van der Waals surface area contributed by atoms with E-state index in [-0.39, 0.29) is 11.7 Å². The van der Waals surface area contributed by atoms with Crippen molar-refractivity contribution in [1.29, 1.82) is 0 Å². The molecule has 0 aliphatic heterocycles. The van der Waals surface area contributed by atoms with Crippen LogP contribution in [0.2, 0.25) is 5.02 Å². The van der Waals surface area contributed by atoms with Crippen molar-refractivity contribution in [2.75, 3.05) is 17.7 Å². The molecule has 26 heavy (non-hydrogen) atoms. The predicted octanol–water partition coefficient (Wildman–Crippen LogP) is 4.52. The number of anilines is 1. The van der Waals surface area contributed by atoms with Crippen LogP contribution in [0.4, 0.5) is 5.69 Å². The number of carbonyl (C=O) groups is 1. The van der Waals surface area contributed by atoms with Crippen molar-refractivity contribution in [1.82, 2.24) is 10.2 Å². The molecule has 0 saturated carbocycles. The molecule has 0 atom stereocenters. The van der Waals surface area contributed by atoms with E-state index in [4.69, 9.17) is 20.8 Å². The van der Waals surface area contributed by atoms with Crippen LogP contribution in [0.1, 0.15) is 6.92 Å². The van der Waals surface area contributed by atoms with Crippen LogP contribution in [0.3, 0.4) is 0 Å². The first kappa shape index (κ1) is 18.3. The lowest BCUT2D eigenvalue weighted by Crippen LogP contribution is -2.13. The number of halogens is 1. The maximum absolute atomic E-state index is 12.1. The minimum Gasteiger partial charge on any atom is -0.494 e. The molecule has 1 heterocycles. The molecule has 1 N–H and O–H groups in total. The molecule has 3 rings (SSSR count). The third kappa shape index (κ3) is 4.77. The van der Waals surface area contributed by atoms with Gasteiger partial charge in [0.05, 0.1) is 22.9 Å². The normalized spacial score (nSPS) is 10.5. The van der Waals surface area contributed by atoms with E-state index >= 15 is 0 Å². The molecule has 0 aliphatic rings. The Kier molecular flexibility index (Phi) is 6.14. The van der Waals surface area contributed by atoms with E-state index in [1.807, 2.05) is 19.1 Å². The lowest BCUT2D eigenvalue weighted by atomic mass is 10.2. The molecular formula is C18H16ClN3O3S. The second kappa shape index (κ2) is 8.73. The van der Waals surface area contributed by atoms with Crippen molar-refractivity contribution < 1.29 is 13.9 Å². The van der Waals surface area contributed by atoms with Gasteiger partial charge in [-0.1, -0.05) is 35.5 Å². The Balaban J connectivity index is 1.54. The average molecular weight is 390 g/mol. The first-order valence-electron chi connectivity index (χ1n) is 7.89. The van der Waals surface area contributed by atoms with Gasteiger partial charge in [-0.25, -0.2) is 0 Å². The quantitative estimate of drug-likeness (QED) is 0.598. The lowest BCUT2D eigenvalue weighted by Gasteiger charge is -2.06. The Morgan fingerprint density at radius 3 is 2.69 bits per heavy atom. The summed E-state index contributed by atoms with van der Waals surface area (Å²) in [4.78, 5) is 12.1. The largest absolute Gasteiger partial charge is 0.494 e. The summed E-state index contributed by atoms with van der Waals surface area (Å²) in [7, 11) is 0. The molecule has 134 valence electrons. The van der Waals surface area contributed by atoms with Gasteiger partial charge in [-0.3, -0.25) is 4.79 Å². The van der Waals surface area contributed by atoms with Gasteiger partial charge >= 0.3 is 0 Å². The van der Waals surface area contributed by atoms with Crippen LogP contribution in [0.5, 0.6) is 5.75 Å². The van der Waals surface area contributed by atoms with Gasteiger partial charge in [0.2, 0.25) is 11.8 Å². The van der Waals surface area contributed by atoms with Gasteiger partial charge in [0.15, 0.2) is 0 Å². The summed E-state index contributed by atoms with van der Waals surface area (Å²) in [6.45, 7) is 2.52. The molecule has 0 aliphatic carbocycles. The summed E-state index contributed by atoms with van der Waals surface area (Å²) in [6.07, 6.45) is 0. The molecule has 1 amide bonds. The molecule has 6 nitrogen and oxygen atoms in total. The van der Waals surface area contributed by atoms with Gasteiger partial charge in [0.1, 0.15) is 5.75 Å². The second-order valence-corrected chi connectivity index (χ2v) is 6.48. The topological polar surface area (TPSA) is 77.2 Å². The first-order valence-corrected chi connectivity index (χ1v) is 9.26. The van der Waals surface area contributed by atoms with E-state index < -0.39 is 0 Å². The number of nitrogens with one attached hydrogen (secondary N) is 1. The van der Waals surface area contributed by atoms with Crippen LogP contribution in [-0.2, 0) is 4.79 Å². The summed E-state index contributed by atoms with van der Waals surface area (Å²) in [5.74, 6) is 1.07. The van der Waals surface area contributed by atoms with E-state index in [0.29, 0.717) is 34.0 Å². The summed E-state index contributed by atoms with van der Waals surface area (Å²) in [6, 6.07) is 14.4. The summed E-state index contributed by atoms with van der Waals surface area (Å²) >= 11 is 7.27. The summed E-state index contributed by atoms with van der Waals surface area (Å²) in [5, 5.41) is 11.5. The van der Waals surface area contributed by atoms with Crippen LogP contribution >= 0.6 is 23.4 Å².